The molecule has 3 aliphatic heterocycles. The number of pyridine rings is 1. The van der Waals surface area contributed by atoms with Gasteiger partial charge in [0.15, 0.2) is 0 Å². The largest absolute Gasteiger partial charge is 0.487 e. The molecule has 4 heterocycles. The molecule has 6 rings (SSSR count). The van der Waals surface area contributed by atoms with Crippen LogP contribution in [0.3, 0.4) is 0 Å². The monoisotopic (exact) mass is 539 g/mol. The first kappa shape index (κ1) is 26.2. The van der Waals surface area contributed by atoms with Crippen LogP contribution in [-0.2, 0) is 29.2 Å². The molecule has 9 heteroatoms. The summed E-state index contributed by atoms with van der Waals surface area (Å²) < 4.78 is 6.62. The van der Waals surface area contributed by atoms with E-state index in [1.165, 1.54) is 5.56 Å². The minimum Gasteiger partial charge on any atom is -0.487 e. The quantitative estimate of drug-likeness (QED) is 0.424. The third-order valence-electron chi connectivity index (χ3n) is 7.95. The fraction of sp³-hybridized carbons (Fsp3) is 0.355. The van der Waals surface area contributed by atoms with E-state index in [0.717, 1.165) is 37.3 Å². The number of rotatable bonds is 8. The maximum Gasteiger partial charge on any atom is 0.255 e. The SMILES string of the molecule is O=C1CCC(N2Cc3cc(OC4CN(Cc5ccccc5)CCC4NCc4ccccn4)ccc3C2=O)C(=O)N1. The van der Waals surface area contributed by atoms with Crippen LogP contribution in [0.1, 0.15) is 46.4 Å². The number of nitrogens with one attached hydrogen (secondary N) is 2. The summed E-state index contributed by atoms with van der Waals surface area (Å²) in [5.41, 5.74) is 3.67. The Morgan fingerprint density at radius 2 is 1.85 bits per heavy atom. The Kier molecular flexibility index (Phi) is 7.57. The zero-order chi connectivity index (χ0) is 27.5. The minimum absolute atomic E-state index is 0.109. The Bertz CT molecular complexity index is 1380. The summed E-state index contributed by atoms with van der Waals surface area (Å²) in [6, 6.07) is 21.4. The molecule has 2 aromatic carbocycles. The number of piperidine rings is 2. The van der Waals surface area contributed by atoms with E-state index in [9.17, 15) is 14.4 Å². The van der Waals surface area contributed by atoms with E-state index >= 15 is 0 Å². The van der Waals surface area contributed by atoms with E-state index in [1.54, 1.807) is 17.2 Å². The number of carbonyl (C=O) groups excluding carboxylic acids is 3. The van der Waals surface area contributed by atoms with Crippen LogP contribution in [0, 0.1) is 0 Å². The molecule has 3 atom stereocenters. The smallest absolute Gasteiger partial charge is 0.255 e. The molecule has 0 spiro atoms. The van der Waals surface area contributed by atoms with Crippen LogP contribution in [0.15, 0.2) is 72.9 Å². The topological polar surface area (TPSA) is 104 Å². The van der Waals surface area contributed by atoms with E-state index in [0.29, 0.717) is 30.8 Å². The van der Waals surface area contributed by atoms with E-state index in [2.05, 4.69) is 44.8 Å². The number of aromatic nitrogens is 1. The van der Waals surface area contributed by atoms with Gasteiger partial charge in [-0.3, -0.25) is 29.6 Å². The first-order valence-corrected chi connectivity index (χ1v) is 13.9. The van der Waals surface area contributed by atoms with E-state index in [-0.39, 0.29) is 30.4 Å². The van der Waals surface area contributed by atoms with Gasteiger partial charge in [0.25, 0.3) is 5.91 Å². The number of nitrogens with zero attached hydrogens (tertiary/aromatic N) is 3. The number of hydrogen-bond donors (Lipinski definition) is 2. The molecule has 0 aliphatic carbocycles. The van der Waals surface area contributed by atoms with Gasteiger partial charge in [0.1, 0.15) is 17.9 Å². The van der Waals surface area contributed by atoms with Gasteiger partial charge in [-0.15, -0.1) is 0 Å². The highest BCUT2D eigenvalue weighted by atomic mass is 16.5. The molecule has 1 aromatic heterocycles. The summed E-state index contributed by atoms with van der Waals surface area (Å²) in [6.07, 6.45) is 3.20. The Morgan fingerprint density at radius 3 is 2.65 bits per heavy atom. The second kappa shape index (κ2) is 11.6. The number of ether oxygens (including phenoxy) is 1. The fourth-order valence-electron chi connectivity index (χ4n) is 5.86. The molecule has 9 nitrogen and oxygen atoms in total. The average Bonchev–Trinajstić information content (AvgIpc) is 3.29. The van der Waals surface area contributed by atoms with Crippen LogP contribution in [-0.4, -0.2) is 63.8 Å². The lowest BCUT2D eigenvalue weighted by atomic mass is 10.00. The molecule has 3 amide bonds. The lowest BCUT2D eigenvalue weighted by molar-refractivity contribution is -0.136. The molecule has 206 valence electrons. The Balaban J connectivity index is 1.17. The Hall–Kier alpha value is -4.08. The highest BCUT2D eigenvalue weighted by Crippen LogP contribution is 2.31. The predicted octanol–water partition coefficient (Wildman–Crippen LogP) is 2.65. The van der Waals surface area contributed by atoms with Crippen molar-refractivity contribution in [1.29, 1.82) is 0 Å². The molecule has 3 unspecified atom stereocenters. The minimum atomic E-state index is -0.632. The normalized spacial score (nSPS) is 23.1. The van der Waals surface area contributed by atoms with Crippen LogP contribution in [0.2, 0.25) is 0 Å². The standard InChI is InChI=1S/C31H33N5O4/c37-29-12-11-27(30(38)34-29)36-19-22-16-24(9-10-25(22)31(36)39)40-28-20-35(18-21-6-2-1-3-7-21)15-13-26(28)33-17-23-8-4-5-14-32-23/h1-10,14,16,26-28,33H,11-13,15,17-20H2,(H,34,37,38). The molecule has 3 aromatic rings. The van der Waals surface area contributed by atoms with Gasteiger partial charge in [0.2, 0.25) is 11.8 Å². The van der Waals surface area contributed by atoms with E-state index in [4.69, 9.17) is 4.74 Å². The second-order valence-corrected chi connectivity index (χ2v) is 10.7. The molecule has 3 aliphatic rings. The number of benzene rings is 2. The number of amides is 3. The van der Waals surface area contributed by atoms with Crippen LogP contribution in [0.25, 0.3) is 0 Å². The summed E-state index contributed by atoms with van der Waals surface area (Å²) in [6.45, 7) is 3.54. The van der Waals surface area contributed by atoms with Crippen LogP contribution in [0.4, 0.5) is 0 Å². The van der Waals surface area contributed by atoms with Gasteiger partial charge < -0.3 is 15.0 Å². The van der Waals surface area contributed by atoms with Crippen molar-refractivity contribution in [3.8, 4) is 5.75 Å². The lowest BCUT2D eigenvalue weighted by Gasteiger charge is -2.39. The van der Waals surface area contributed by atoms with Gasteiger partial charge in [-0.05, 0) is 54.3 Å². The number of carbonyl (C=O) groups is 3. The van der Waals surface area contributed by atoms with Gasteiger partial charge in [-0.1, -0.05) is 36.4 Å². The molecule has 2 fully saturated rings. The summed E-state index contributed by atoms with van der Waals surface area (Å²) in [5, 5.41) is 6.02. The zero-order valence-corrected chi connectivity index (χ0v) is 22.3. The van der Waals surface area contributed by atoms with Crippen molar-refractivity contribution in [2.75, 3.05) is 13.1 Å². The maximum atomic E-state index is 13.1. The van der Waals surface area contributed by atoms with Crippen LogP contribution in [0.5, 0.6) is 5.75 Å². The maximum absolute atomic E-state index is 13.1. The van der Waals surface area contributed by atoms with Gasteiger partial charge in [-0.2, -0.15) is 0 Å². The summed E-state index contributed by atoms with van der Waals surface area (Å²) >= 11 is 0. The molecule has 0 saturated carbocycles. The fourth-order valence-corrected chi connectivity index (χ4v) is 5.86. The second-order valence-electron chi connectivity index (χ2n) is 10.7. The molecule has 2 saturated heterocycles. The van der Waals surface area contributed by atoms with Gasteiger partial charge in [-0.25, -0.2) is 0 Å². The Labute approximate surface area is 233 Å². The van der Waals surface area contributed by atoms with Crippen molar-refractivity contribution in [3.63, 3.8) is 0 Å². The first-order valence-electron chi connectivity index (χ1n) is 13.9. The molecular weight excluding hydrogens is 506 g/mol. The van der Waals surface area contributed by atoms with Crippen molar-refractivity contribution >= 4 is 17.7 Å². The summed E-state index contributed by atoms with van der Waals surface area (Å²) in [7, 11) is 0. The van der Waals surface area contributed by atoms with Gasteiger partial charge in [0.05, 0.1) is 5.69 Å². The number of likely N-dealkylation sites (tertiary alicyclic amines) is 1. The number of hydrogen-bond acceptors (Lipinski definition) is 7. The molecule has 0 bridgehead atoms. The van der Waals surface area contributed by atoms with E-state index in [1.807, 2.05) is 36.4 Å². The van der Waals surface area contributed by atoms with Crippen LogP contribution < -0.4 is 15.4 Å². The molecular formula is C31H33N5O4. The average molecular weight is 540 g/mol. The zero-order valence-electron chi connectivity index (χ0n) is 22.3. The van der Waals surface area contributed by atoms with Crippen LogP contribution >= 0.6 is 0 Å². The highest BCUT2D eigenvalue weighted by Gasteiger charge is 2.39. The van der Waals surface area contributed by atoms with Crippen molar-refractivity contribution in [2.24, 2.45) is 0 Å². The van der Waals surface area contributed by atoms with Crippen molar-refractivity contribution in [2.45, 2.75) is 57.1 Å². The van der Waals surface area contributed by atoms with Crippen molar-refractivity contribution < 1.29 is 19.1 Å². The van der Waals surface area contributed by atoms with Crippen molar-refractivity contribution in [3.05, 3.63) is 95.3 Å². The lowest BCUT2D eigenvalue weighted by Crippen LogP contribution is -2.54. The molecule has 0 radical (unpaired) electrons. The van der Waals surface area contributed by atoms with Gasteiger partial charge in [0, 0.05) is 56.9 Å². The number of fused-ring (bicyclic) bond motifs is 1. The third-order valence-corrected chi connectivity index (χ3v) is 7.95. The Morgan fingerprint density at radius 1 is 1.00 bits per heavy atom. The molecule has 40 heavy (non-hydrogen) atoms. The summed E-state index contributed by atoms with van der Waals surface area (Å²) in [4.78, 5) is 45.5. The number of imide groups is 1. The highest BCUT2D eigenvalue weighted by molar-refractivity contribution is 6.05. The summed E-state index contributed by atoms with van der Waals surface area (Å²) in [5.74, 6) is -0.178. The predicted molar refractivity (Wildman–Crippen MR) is 148 cm³/mol. The molecule has 2 N–H and O–H groups in total. The first-order chi connectivity index (χ1) is 19.5. The van der Waals surface area contributed by atoms with E-state index < -0.39 is 11.9 Å². The third kappa shape index (κ3) is 5.76. The van der Waals surface area contributed by atoms with Crippen molar-refractivity contribution in [1.82, 2.24) is 25.4 Å². The van der Waals surface area contributed by atoms with Gasteiger partial charge >= 0.3 is 0 Å².